The lowest BCUT2D eigenvalue weighted by Crippen LogP contribution is -2.43. The van der Waals surface area contributed by atoms with Gasteiger partial charge in [-0.3, -0.25) is 9.48 Å². The Morgan fingerprint density at radius 1 is 0.931 bits per heavy atom. The molecule has 58 heavy (non-hydrogen) atoms. The summed E-state index contributed by atoms with van der Waals surface area (Å²) in [6.07, 6.45) is 2.97. The first-order chi connectivity index (χ1) is 27.6. The Balaban J connectivity index is 1.27. The van der Waals surface area contributed by atoms with E-state index in [-0.39, 0.29) is 23.7 Å². The van der Waals surface area contributed by atoms with Gasteiger partial charge in [0, 0.05) is 78.5 Å². The minimum Gasteiger partial charge on any atom is -0.494 e. The third-order valence-corrected chi connectivity index (χ3v) is 13.0. The van der Waals surface area contributed by atoms with E-state index >= 15 is 4.79 Å². The molecule has 0 aliphatic carbocycles. The highest BCUT2D eigenvalue weighted by Crippen LogP contribution is 2.46. The van der Waals surface area contributed by atoms with Crippen LogP contribution in [0.4, 0.5) is 5.69 Å². The molecule has 3 aromatic heterocycles. The maximum atomic E-state index is 15.5. The number of aromatic nitrogens is 4. The van der Waals surface area contributed by atoms with Crippen LogP contribution in [0.3, 0.4) is 0 Å². The smallest absolute Gasteiger partial charge is 0.352 e. The van der Waals surface area contributed by atoms with Crippen LogP contribution in [0.25, 0.3) is 32.9 Å². The normalized spacial score (nSPS) is 16.5. The molecule has 5 heterocycles. The monoisotopic (exact) mass is 824 g/mol. The Morgan fingerprint density at radius 3 is 2.29 bits per heavy atom. The molecule has 1 N–H and O–H groups in total. The van der Waals surface area contributed by atoms with Crippen LogP contribution in [0.2, 0.25) is 10.0 Å². The molecule has 0 saturated carbocycles. The van der Waals surface area contributed by atoms with Crippen LogP contribution in [0, 0.1) is 27.7 Å². The molecule has 3 aromatic carbocycles. The first kappa shape index (κ1) is 39.8. The van der Waals surface area contributed by atoms with Gasteiger partial charge in [0.05, 0.1) is 34.0 Å². The summed E-state index contributed by atoms with van der Waals surface area (Å²) in [5.41, 5.74) is 9.35. The zero-order valence-electron chi connectivity index (χ0n) is 34.4. The molecule has 0 bridgehead atoms. The molecular formula is C45H50Cl2N6O5. The number of aromatic carboxylic acids is 1. The maximum Gasteiger partial charge on any atom is 0.352 e. The molecule has 1 atom stereocenters. The van der Waals surface area contributed by atoms with Crippen LogP contribution in [-0.2, 0) is 20.5 Å². The van der Waals surface area contributed by atoms with Gasteiger partial charge in [0.25, 0.3) is 5.91 Å². The van der Waals surface area contributed by atoms with Gasteiger partial charge >= 0.3 is 5.97 Å². The van der Waals surface area contributed by atoms with Gasteiger partial charge in [-0.25, -0.2) is 4.79 Å². The summed E-state index contributed by atoms with van der Waals surface area (Å²) in [5.74, 6) is 0.157. The lowest BCUT2D eigenvalue weighted by atomic mass is 9.98. The van der Waals surface area contributed by atoms with Crippen LogP contribution in [0.15, 0.2) is 42.5 Å². The Labute approximate surface area is 348 Å². The minimum absolute atomic E-state index is 0.0137. The number of fused-ring (bicyclic) bond motifs is 4. The molecule has 11 nitrogen and oxygen atoms in total. The molecule has 0 radical (unpaired) electrons. The number of likely N-dealkylation sites (tertiary alicyclic amines) is 1. The largest absolute Gasteiger partial charge is 0.494 e. The second kappa shape index (κ2) is 15.3. The van der Waals surface area contributed by atoms with Gasteiger partial charge in [0.15, 0.2) is 0 Å². The third kappa shape index (κ3) is 6.80. The number of hydrogen-bond acceptors (Lipinski definition) is 6. The van der Waals surface area contributed by atoms with Crippen LogP contribution in [-0.4, -0.2) is 80.2 Å². The number of aryl methyl sites for hydroxylation is 6. The molecule has 304 valence electrons. The summed E-state index contributed by atoms with van der Waals surface area (Å²) in [4.78, 5) is 32.0. The van der Waals surface area contributed by atoms with E-state index in [1.807, 2.05) is 80.7 Å². The molecule has 1 fully saturated rings. The first-order valence-electron chi connectivity index (χ1n) is 19.9. The van der Waals surface area contributed by atoms with E-state index in [0.29, 0.717) is 59.0 Å². The molecule has 1 saturated heterocycles. The second-order valence-corrected chi connectivity index (χ2v) is 17.0. The quantitative estimate of drug-likeness (QED) is 0.137. The fraction of sp³-hybridized carbons (Fsp3) is 0.400. The first-order valence-corrected chi connectivity index (χ1v) is 20.7. The number of carbonyl (C=O) groups excluding carboxylic acids is 1. The third-order valence-electron chi connectivity index (χ3n) is 12.1. The van der Waals surface area contributed by atoms with Crippen molar-refractivity contribution in [3.8, 4) is 22.6 Å². The van der Waals surface area contributed by atoms with E-state index in [2.05, 4.69) is 23.4 Å². The number of anilines is 1. The Bertz CT molecular complexity index is 2610. The van der Waals surface area contributed by atoms with Gasteiger partial charge < -0.3 is 33.5 Å². The minimum atomic E-state index is -1.04. The molecule has 13 heteroatoms. The highest BCUT2D eigenvalue weighted by atomic mass is 35.5. The summed E-state index contributed by atoms with van der Waals surface area (Å²) < 4.78 is 18.6. The van der Waals surface area contributed by atoms with Crippen LogP contribution >= 0.6 is 23.2 Å². The number of ether oxygens (including phenoxy) is 2. The molecule has 2 aliphatic rings. The number of hydrogen-bond donors (Lipinski definition) is 1. The highest BCUT2D eigenvalue weighted by Gasteiger charge is 2.38. The van der Waals surface area contributed by atoms with Crippen molar-refractivity contribution in [1.29, 1.82) is 0 Å². The number of rotatable bonds is 10. The van der Waals surface area contributed by atoms with E-state index in [1.165, 1.54) is 0 Å². The average Bonchev–Trinajstić information content (AvgIpc) is 3.78. The van der Waals surface area contributed by atoms with Gasteiger partial charge in [-0.2, -0.15) is 5.10 Å². The highest BCUT2D eigenvalue weighted by molar-refractivity contribution is 6.35. The number of piperidine rings is 1. The molecule has 8 rings (SSSR count). The van der Waals surface area contributed by atoms with Crippen molar-refractivity contribution in [2.45, 2.75) is 72.4 Å². The predicted octanol–water partition coefficient (Wildman–Crippen LogP) is 9.48. The van der Waals surface area contributed by atoms with Crippen molar-refractivity contribution in [3.05, 3.63) is 92.0 Å². The van der Waals surface area contributed by atoms with Crippen LogP contribution in [0.5, 0.6) is 11.5 Å². The van der Waals surface area contributed by atoms with Crippen molar-refractivity contribution in [1.82, 2.24) is 23.8 Å². The number of amides is 1. The van der Waals surface area contributed by atoms with E-state index < -0.39 is 5.97 Å². The topological polar surface area (TPSA) is 107 Å². The molecule has 0 unspecified atom stereocenters. The molecular weight excluding hydrogens is 775 g/mol. The van der Waals surface area contributed by atoms with E-state index in [4.69, 9.17) is 37.8 Å². The van der Waals surface area contributed by atoms with Gasteiger partial charge in [-0.15, -0.1) is 0 Å². The van der Waals surface area contributed by atoms with Crippen molar-refractivity contribution >= 4 is 62.6 Å². The standard InChI is InChI=1S/C45H50Cl2N6O5/c1-24-18-31(19-25(2)40(24)47)57-17-9-10-33-34-11-12-35(46)39(38-27(4)48-51(8)28(38)5)42(34)53-26(3)23-52(44(54)43(33)53)36-22-32(58-30-13-15-49(6)16-14-30)20-29-21-37(45(55)56)50(7)41(29)36/h11-12,18-22,26,30H,9-10,13-17,23H2,1-8H3,(H,55,56)/t26-/m1/s1. The molecule has 1 amide bonds. The number of halogens is 2. The predicted molar refractivity (Wildman–Crippen MR) is 231 cm³/mol. The Hall–Kier alpha value is -4.97. The zero-order valence-corrected chi connectivity index (χ0v) is 35.9. The number of carbonyl (C=O) groups is 2. The molecule has 6 aromatic rings. The van der Waals surface area contributed by atoms with Gasteiger partial charge in [0.2, 0.25) is 0 Å². The fourth-order valence-electron chi connectivity index (χ4n) is 9.17. The van der Waals surface area contributed by atoms with Crippen molar-refractivity contribution in [2.75, 3.05) is 38.2 Å². The second-order valence-electron chi connectivity index (χ2n) is 16.2. The maximum absolute atomic E-state index is 15.5. The summed E-state index contributed by atoms with van der Waals surface area (Å²) in [6.45, 7) is 12.7. The zero-order chi connectivity index (χ0) is 41.3. The summed E-state index contributed by atoms with van der Waals surface area (Å²) in [5, 5.41) is 17.9. The van der Waals surface area contributed by atoms with Gasteiger partial charge in [-0.05, 0) is 114 Å². The summed E-state index contributed by atoms with van der Waals surface area (Å²) >= 11 is 13.6. The molecule has 2 aliphatic heterocycles. The van der Waals surface area contributed by atoms with Crippen molar-refractivity contribution in [3.63, 3.8) is 0 Å². The Kier molecular flexibility index (Phi) is 10.5. The summed E-state index contributed by atoms with van der Waals surface area (Å²) in [6, 6.07) is 13.2. The van der Waals surface area contributed by atoms with Crippen LogP contribution in [0.1, 0.15) is 81.3 Å². The van der Waals surface area contributed by atoms with Gasteiger partial charge in [-0.1, -0.05) is 29.3 Å². The van der Waals surface area contributed by atoms with E-state index in [0.717, 1.165) is 86.8 Å². The number of carboxylic acids is 1. The lowest BCUT2D eigenvalue weighted by Gasteiger charge is -2.35. The SMILES string of the molecule is Cc1cc(OCCCc2c3n(c4c(-c5c(C)nn(C)c5C)c(Cl)ccc24)[C@H](C)CN(c2cc(OC4CCN(C)CC4)cc4cc(C(=O)O)n(C)c24)C3=O)cc(C)c1Cl. The van der Waals surface area contributed by atoms with Crippen molar-refractivity contribution in [2.24, 2.45) is 14.1 Å². The lowest BCUT2D eigenvalue weighted by molar-refractivity contribution is 0.0687. The number of nitrogens with zero attached hydrogens (tertiary/aromatic N) is 6. The van der Waals surface area contributed by atoms with Gasteiger partial charge in [0.1, 0.15) is 29.0 Å². The number of benzene rings is 3. The molecule has 0 spiro atoms. The average molecular weight is 826 g/mol. The van der Waals surface area contributed by atoms with Crippen molar-refractivity contribution < 1.29 is 24.2 Å². The van der Waals surface area contributed by atoms with E-state index in [1.54, 1.807) is 17.7 Å². The van der Waals surface area contributed by atoms with E-state index in [9.17, 15) is 9.90 Å². The van der Waals surface area contributed by atoms with Crippen LogP contribution < -0.4 is 14.4 Å². The summed E-state index contributed by atoms with van der Waals surface area (Å²) in [7, 11) is 5.78. The Morgan fingerprint density at radius 2 is 1.64 bits per heavy atom. The number of carboxylic acid groups (broad SMARTS) is 1. The fourth-order valence-corrected chi connectivity index (χ4v) is 9.52.